The monoisotopic (exact) mass is 397 g/mol. The smallest absolute Gasteiger partial charge is 0.291 e. The second-order valence-corrected chi connectivity index (χ2v) is 6.97. The van der Waals surface area contributed by atoms with Gasteiger partial charge in [-0.15, -0.1) is 0 Å². The van der Waals surface area contributed by atoms with Gasteiger partial charge in [-0.25, -0.2) is 0 Å². The molecule has 0 spiro atoms. The van der Waals surface area contributed by atoms with Gasteiger partial charge in [0.2, 0.25) is 0 Å². The van der Waals surface area contributed by atoms with Crippen LogP contribution in [0.15, 0.2) is 69.6 Å². The van der Waals surface area contributed by atoms with Crippen LogP contribution in [0.25, 0.3) is 11.3 Å². The van der Waals surface area contributed by atoms with Crippen LogP contribution in [0.3, 0.4) is 0 Å². The molecule has 1 N–H and O–H groups in total. The fourth-order valence-electron chi connectivity index (χ4n) is 2.55. The van der Waals surface area contributed by atoms with E-state index in [1.165, 1.54) is 5.56 Å². The van der Waals surface area contributed by atoms with E-state index in [2.05, 4.69) is 47.2 Å². The van der Waals surface area contributed by atoms with Gasteiger partial charge in [0.15, 0.2) is 5.76 Å². The molecule has 3 aromatic rings. The topological polar surface area (TPSA) is 42.2 Å². The minimum absolute atomic E-state index is 0.250. The molecule has 1 atom stereocenters. The van der Waals surface area contributed by atoms with Crippen LogP contribution in [0.4, 0.5) is 5.69 Å². The maximum Gasteiger partial charge on any atom is 0.291 e. The van der Waals surface area contributed by atoms with Crippen LogP contribution in [0.2, 0.25) is 0 Å². The zero-order valence-corrected chi connectivity index (χ0v) is 15.8. The van der Waals surface area contributed by atoms with Crippen molar-refractivity contribution in [3.63, 3.8) is 0 Å². The number of nitrogens with one attached hydrogen (secondary N) is 1. The molecule has 0 aliphatic carbocycles. The van der Waals surface area contributed by atoms with Gasteiger partial charge in [0.1, 0.15) is 5.76 Å². The van der Waals surface area contributed by atoms with Crippen molar-refractivity contribution in [1.82, 2.24) is 0 Å². The van der Waals surface area contributed by atoms with Crippen molar-refractivity contribution in [2.24, 2.45) is 0 Å². The fourth-order valence-corrected chi connectivity index (χ4v) is 2.82. The molecule has 4 heteroatoms. The molecule has 1 heterocycles. The average Bonchev–Trinajstić information content (AvgIpc) is 3.12. The van der Waals surface area contributed by atoms with E-state index >= 15 is 0 Å². The van der Waals surface area contributed by atoms with Crippen LogP contribution in [-0.4, -0.2) is 5.91 Å². The molecule has 128 valence electrons. The summed E-state index contributed by atoms with van der Waals surface area (Å²) in [5, 5.41) is 2.88. The predicted molar refractivity (Wildman–Crippen MR) is 105 cm³/mol. The lowest BCUT2D eigenvalue weighted by molar-refractivity contribution is 0.0997. The highest BCUT2D eigenvalue weighted by molar-refractivity contribution is 9.10. The Kier molecular flexibility index (Phi) is 5.39. The lowest BCUT2D eigenvalue weighted by atomic mass is 9.99. The van der Waals surface area contributed by atoms with Crippen molar-refractivity contribution in [2.75, 3.05) is 5.32 Å². The molecule has 0 radical (unpaired) electrons. The largest absolute Gasteiger partial charge is 0.451 e. The van der Waals surface area contributed by atoms with E-state index in [0.29, 0.717) is 17.4 Å². The summed E-state index contributed by atoms with van der Waals surface area (Å²) >= 11 is 3.41. The Morgan fingerprint density at radius 1 is 1.04 bits per heavy atom. The molecular weight excluding hydrogens is 378 g/mol. The van der Waals surface area contributed by atoms with Gasteiger partial charge in [-0.05, 0) is 54.3 Å². The van der Waals surface area contributed by atoms with Crippen molar-refractivity contribution in [3.8, 4) is 11.3 Å². The zero-order chi connectivity index (χ0) is 17.8. The van der Waals surface area contributed by atoms with Gasteiger partial charge >= 0.3 is 0 Å². The summed E-state index contributed by atoms with van der Waals surface area (Å²) in [5.41, 5.74) is 2.97. The second kappa shape index (κ2) is 7.70. The first-order valence-corrected chi connectivity index (χ1v) is 9.13. The highest BCUT2D eigenvalue weighted by atomic mass is 79.9. The number of carbonyl (C=O) groups excluding carboxylic acids is 1. The Balaban J connectivity index is 1.70. The van der Waals surface area contributed by atoms with Crippen LogP contribution >= 0.6 is 15.9 Å². The van der Waals surface area contributed by atoms with E-state index in [4.69, 9.17) is 4.42 Å². The van der Waals surface area contributed by atoms with E-state index in [9.17, 15) is 4.79 Å². The molecule has 0 aliphatic rings. The molecule has 0 saturated heterocycles. The summed E-state index contributed by atoms with van der Waals surface area (Å²) < 4.78 is 6.70. The molecule has 0 bridgehead atoms. The average molecular weight is 398 g/mol. The number of benzene rings is 2. The molecule has 3 nitrogen and oxygen atoms in total. The minimum atomic E-state index is -0.250. The normalized spacial score (nSPS) is 12.0. The van der Waals surface area contributed by atoms with E-state index in [0.717, 1.165) is 22.1 Å². The predicted octanol–water partition coefficient (Wildman–Crippen LogP) is 6.47. The van der Waals surface area contributed by atoms with Gasteiger partial charge in [-0.1, -0.05) is 54.0 Å². The molecule has 25 heavy (non-hydrogen) atoms. The van der Waals surface area contributed by atoms with Gasteiger partial charge < -0.3 is 9.73 Å². The van der Waals surface area contributed by atoms with Crippen molar-refractivity contribution in [1.29, 1.82) is 0 Å². The molecule has 1 unspecified atom stereocenters. The summed E-state index contributed by atoms with van der Waals surface area (Å²) in [5.74, 6) is 1.23. The quantitative estimate of drug-likeness (QED) is 0.535. The van der Waals surface area contributed by atoms with Crippen molar-refractivity contribution in [2.45, 2.75) is 26.2 Å². The lowest BCUT2D eigenvalue weighted by Gasteiger charge is -2.10. The molecule has 0 fully saturated rings. The molecule has 1 aromatic heterocycles. The van der Waals surface area contributed by atoms with Crippen LogP contribution < -0.4 is 5.32 Å². The third-order valence-corrected chi connectivity index (χ3v) is 4.84. The second-order valence-electron chi connectivity index (χ2n) is 6.06. The minimum Gasteiger partial charge on any atom is -0.451 e. The summed E-state index contributed by atoms with van der Waals surface area (Å²) in [6.45, 7) is 4.36. The number of furan rings is 1. The van der Waals surface area contributed by atoms with Gasteiger partial charge in [0.25, 0.3) is 5.91 Å². The standard InChI is InChI=1S/C21H20BrNO2/c1-3-14(2)15-6-10-18(11-7-15)23-21(24)20-13-12-19(25-20)16-4-8-17(22)9-5-16/h4-14H,3H2,1-2H3,(H,23,24). The lowest BCUT2D eigenvalue weighted by Crippen LogP contribution is -2.10. The van der Waals surface area contributed by atoms with Crippen LogP contribution in [0, 0.1) is 0 Å². The highest BCUT2D eigenvalue weighted by Crippen LogP contribution is 2.25. The molecule has 2 aromatic carbocycles. The Morgan fingerprint density at radius 3 is 2.36 bits per heavy atom. The van der Waals surface area contributed by atoms with Crippen molar-refractivity contribution >= 4 is 27.5 Å². The van der Waals surface area contributed by atoms with Gasteiger partial charge in [-0.3, -0.25) is 4.79 Å². The highest BCUT2D eigenvalue weighted by Gasteiger charge is 2.13. The number of hydrogen-bond donors (Lipinski definition) is 1. The SMILES string of the molecule is CCC(C)c1ccc(NC(=O)c2ccc(-c3ccc(Br)cc3)o2)cc1. The van der Waals surface area contributed by atoms with Crippen molar-refractivity contribution < 1.29 is 9.21 Å². The third-order valence-electron chi connectivity index (χ3n) is 4.31. The number of amides is 1. The van der Waals surface area contributed by atoms with Crippen LogP contribution in [0.1, 0.15) is 42.3 Å². The number of halogens is 1. The summed E-state index contributed by atoms with van der Waals surface area (Å²) in [6.07, 6.45) is 1.09. The summed E-state index contributed by atoms with van der Waals surface area (Å²) in [6, 6.07) is 19.2. The first-order valence-electron chi connectivity index (χ1n) is 8.34. The fraction of sp³-hybridized carbons (Fsp3) is 0.190. The summed E-state index contributed by atoms with van der Waals surface area (Å²) in [7, 11) is 0. The maximum atomic E-state index is 12.4. The number of hydrogen-bond acceptors (Lipinski definition) is 2. The van der Waals surface area contributed by atoms with E-state index in [1.807, 2.05) is 42.5 Å². The molecule has 0 aliphatic heterocycles. The Bertz CT molecular complexity index is 850. The Morgan fingerprint density at radius 2 is 1.72 bits per heavy atom. The summed E-state index contributed by atoms with van der Waals surface area (Å²) in [4.78, 5) is 12.4. The van der Waals surface area contributed by atoms with E-state index < -0.39 is 0 Å². The van der Waals surface area contributed by atoms with Crippen molar-refractivity contribution in [3.05, 3.63) is 76.5 Å². The number of rotatable bonds is 5. The zero-order valence-electron chi connectivity index (χ0n) is 14.3. The van der Waals surface area contributed by atoms with Crippen LogP contribution in [0.5, 0.6) is 0 Å². The van der Waals surface area contributed by atoms with E-state index in [1.54, 1.807) is 6.07 Å². The van der Waals surface area contributed by atoms with Gasteiger partial charge in [-0.2, -0.15) is 0 Å². The molecular formula is C21H20BrNO2. The molecule has 1 amide bonds. The molecule has 3 rings (SSSR count). The maximum absolute atomic E-state index is 12.4. The molecule has 0 saturated carbocycles. The first kappa shape index (κ1) is 17.5. The number of anilines is 1. The Labute approximate surface area is 156 Å². The number of carbonyl (C=O) groups is 1. The van der Waals surface area contributed by atoms with Crippen LogP contribution in [-0.2, 0) is 0 Å². The Hall–Kier alpha value is -2.33. The third kappa shape index (κ3) is 4.20. The van der Waals surface area contributed by atoms with Gasteiger partial charge in [0.05, 0.1) is 0 Å². The van der Waals surface area contributed by atoms with Gasteiger partial charge in [0, 0.05) is 15.7 Å². The first-order chi connectivity index (χ1) is 12.1. The van der Waals surface area contributed by atoms with E-state index in [-0.39, 0.29) is 5.91 Å².